The average molecular weight is 304 g/mol. The van der Waals surface area contributed by atoms with Crippen LogP contribution >= 0.6 is 0 Å². The maximum Gasteiger partial charge on any atom is 0.313 e. The Hall–Kier alpha value is -1.88. The van der Waals surface area contributed by atoms with E-state index in [0.29, 0.717) is 12.2 Å². The van der Waals surface area contributed by atoms with Gasteiger partial charge < -0.3 is 15.7 Å². The van der Waals surface area contributed by atoms with Gasteiger partial charge >= 0.3 is 11.8 Å². The van der Waals surface area contributed by atoms with Gasteiger partial charge in [0.15, 0.2) is 0 Å². The zero-order valence-electron chi connectivity index (χ0n) is 13.2. The third kappa shape index (κ3) is 3.85. The van der Waals surface area contributed by atoms with Crippen LogP contribution in [0.2, 0.25) is 0 Å². The van der Waals surface area contributed by atoms with Crippen LogP contribution in [0.15, 0.2) is 18.2 Å². The van der Waals surface area contributed by atoms with E-state index in [2.05, 4.69) is 10.6 Å². The number of rotatable bonds is 6. The highest BCUT2D eigenvalue weighted by Gasteiger charge is 2.42. The number of carbonyl (C=O) groups is 2. The number of hydrogen-bond donors (Lipinski definition) is 3. The predicted octanol–water partition coefficient (Wildman–Crippen LogP) is 1.64. The number of benzene rings is 1. The zero-order valence-corrected chi connectivity index (χ0v) is 13.2. The summed E-state index contributed by atoms with van der Waals surface area (Å²) in [4.78, 5) is 23.9. The molecule has 1 aliphatic rings. The summed E-state index contributed by atoms with van der Waals surface area (Å²) in [6, 6.07) is 5.93. The Balaban J connectivity index is 1.97. The summed E-state index contributed by atoms with van der Waals surface area (Å²) in [5.74, 6) is -1.31. The highest BCUT2D eigenvalue weighted by Crippen LogP contribution is 2.44. The molecule has 22 heavy (non-hydrogen) atoms. The SMILES string of the molecule is CCc1ccc(CC)c(NC(=O)C(=O)NCC2(CO)CC2)c1. The van der Waals surface area contributed by atoms with Gasteiger partial charge in [0.05, 0.1) is 6.61 Å². The van der Waals surface area contributed by atoms with Crippen molar-refractivity contribution in [3.05, 3.63) is 29.3 Å². The molecule has 1 aromatic rings. The van der Waals surface area contributed by atoms with Crippen LogP contribution in [-0.4, -0.2) is 30.1 Å². The van der Waals surface area contributed by atoms with Gasteiger partial charge in [-0.3, -0.25) is 9.59 Å². The number of aliphatic hydroxyl groups excluding tert-OH is 1. The molecular formula is C17H24N2O3. The van der Waals surface area contributed by atoms with E-state index in [1.54, 1.807) is 0 Å². The van der Waals surface area contributed by atoms with Crippen molar-refractivity contribution >= 4 is 17.5 Å². The number of aryl methyl sites for hydroxylation is 2. The Kier molecular flexibility index (Phi) is 5.19. The molecule has 0 spiro atoms. The van der Waals surface area contributed by atoms with Crippen molar-refractivity contribution in [1.82, 2.24) is 5.32 Å². The molecule has 0 radical (unpaired) electrons. The number of aliphatic hydroxyl groups is 1. The molecule has 0 unspecified atom stereocenters. The largest absolute Gasteiger partial charge is 0.396 e. The van der Waals surface area contributed by atoms with Crippen LogP contribution in [-0.2, 0) is 22.4 Å². The van der Waals surface area contributed by atoms with Gasteiger partial charge in [-0.1, -0.05) is 26.0 Å². The van der Waals surface area contributed by atoms with Crippen molar-refractivity contribution in [3.63, 3.8) is 0 Å². The van der Waals surface area contributed by atoms with Gasteiger partial charge in [-0.15, -0.1) is 0 Å². The molecule has 0 bridgehead atoms. The second-order valence-electron chi connectivity index (χ2n) is 5.99. The number of hydrogen-bond acceptors (Lipinski definition) is 3. The van der Waals surface area contributed by atoms with E-state index in [1.165, 1.54) is 0 Å². The lowest BCUT2D eigenvalue weighted by Gasteiger charge is -2.14. The quantitative estimate of drug-likeness (QED) is 0.699. The molecule has 120 valence electrons. The van der Waals surface area contributed by atoms with E-state index >= 15 is 0 Å². The summed E-state index contributed by atoms with van der Waals surface area (Å²) in [6.07, 6.45) is 3.45. The first-order valence-electron chi connectivity index (χ1n) is 7.85. The Bertz CT molecular complexity index is 565. The van der Waals surface area contributed by atoms with Crippen molar-refractivity contribution in [2.45, 2.75) is 39.5 Å². The van der Waals surface area contributed by atoms with Gasteiger partial charge in [-0.25, -0.2) is 0 Å². The monoisotopic (exact) mass is 304 g/mol. The van der Waals surface area contributed by atoms with Crippen LogP contribution < -0.4 is 10.6 Å². The molecule has 2 rings (SSSR count). The van der Waals surface area contributed by atoms with Gasteiger partial charge in [0.25, 0.3) is 0 Å². The van der Waals surface area contributed by atoms with Crippen LogP contribution in [0.25, 0.3) is 0 Å². The first-order valence-corrected chi connectivity index (χ1v) is 7.85. The minimum atomic E-state index is -0.656. The fraction of sp³-hybridized carbons (Fsp3) is 0.529. The summed E-state index contributed by atoms with van der Waals surface area (Å²) in [6.45, 7) is 4.46. The Morgan fingerprint density at radius 2 is 1.91 bits per heavy atom. The highest BCUT2D eigenvalue weighted by atomic mass is 16.3. The van der Waals surface area contributed by atoms with Crippen molar-refractivity contribution in [3.8, 4) is 0 Å². The topological polar surface area (TPSA) is 78.4 Å². The smallest absolute Gasteiger partial charge is 0.313 e. The normalized spacial score (nSPS) is 15.2. The van der Waals surface area contributed by atoms with Gasteiger partial charge in [0, 0.05) is 17.6 Å². The van der Waals surface area contributed by atoms with Crippen molar-refractivity contribution < 1.29 is 14.7 Å². The van der Waals surface area contributed by atoms with Crippen LogP contribution in [0.1, 0.15) is 37.8 Å². The third-order valence-corrected chi connectivity index (χ3v) is 4.33. The van der Waals surface area contributed by atoms with E-state index in [9.17, 15) is 14.7 Å². The van der Waals surface area contributed by atoms with Crippen LogP contribution in [0.4, 0.5) is 5.69 Å². The Morgan fingerprint density at radius 1 is 1.18 bits per heavy atom. The molecule has 2 amide bonds. The molecule has 1 aliphatic carbocycles. The Labute approximate surface area is 131 Å². The highest BCUT2D eigenvalue weighted by molar-refractivity contribution is 6.39. The fourth-order valence-electron chi connectivity index (χ4n) is 2.36. The van der Waals surface area contributed by atoms with E-state index in [1.807, 2.05) is 32.0 Å². The second kappa shape index (κ2) is 6.92. The molecule has 0 aliphatic heterocycles. The summed E-state index contributed by atoms with van der Waals surface area (Å²) in [5, 5.41) is 14.5. The summed E-state index contributed by atoms with van der Waals surface area (Å²) in [5.41, 5.74) is 2.62. The lowest BCUT2D eigenvalue weighted by Crippen LogP contribution is -2.39. The van der Waals surface area contributed by atoms with E-state index in [0.717, 1.165) is 36.8 Å². The second-order valence-corrected chi connectivity index (χ2v) is 5.99. The summed E-state index contributed by atoms with van der Waals surface area (Å²) in [7, 11) is 0. The molecule has 0 atom stereocenters. The lowest BCUT2D eigenvalue weighted by molar-refractivity contribution is -0.136. The number of amides is 2. The molecule has 0 heterocycles. The average Bonchev–Trinajstić information content (AvgIpc) is 3.33. The van der Waals surface area contributed by atoms with E-state index in [4.69, 9.17) is 0 Å². The number of carbonyl (C=O) groups excluding carboxylic acids is 2. The van der Waals surface area contributed by atoms with E-state index < -0.39 is 11.8 Å². The number of anilines is 1. The Morgan fingerprint density at radius 3 is 2.45 bits per heavy atom. The van der Waals surface area contributed by atoms with Gasteiger partial charge in [-0.05, 0) is 42.9 Å². The first kappa shape index (κ1) is 16.5. The molecular weight excluding hydrogens is 280 g/mol. The van der Waals surface area contributed by atoms with Crippen molar-refractivity contribution in [2.75, 3.05) is 18.5 Å². The van der Waals surface area contributed by atoms with Crippen molar-refractivity contribution in [1.29, 1.82) is 0 Å². The summed E-state index contributed by atoms with van der Waals surface area (Å²) < 4.78 is 0. The maximum atomic E-state index is 12.0. The first-order chi connectivity index (χ1) is 10.5. The zero-order chi connectivity index (χ0) is 16.2. The van der Waals surface area contributed by atoms with Crippen LogP contribution in [0.5, 0.6) is 0 Å². The van der Waals surface area contributed by atoms with Gasteiger partial charge in [0.2, 0.25) is 0 Å². The van der Waals surface area contributed by atoms with Crippen LogP contribution in [0.3, 0.4) is 0 Å². The minimum absolute atomic E-state index is 0.0490. The third-order valence-electron chi connectivity index (χ3n) is 4.33. The van der Waals surface area contributed by atoms with Gasteiger partial charge in [0.1, 0.15) is 0 Å². The predicted molar refractivity (Wildman–Crippen MR) is 85.6 cm³/mol. The summed E-state index contributed by atoms with van der Waals surface area (Å²) >= 11 is 0. The molecule has 3 N–H and O–H groups in total. The van der Waals surface area contributed by atoms with Crippen molar-refractivity contribution in [2.24, 2.45) is 5.41 Å². The molecule has 1 fully saturated rings. The molecule has 1 aromatic carbocycles. The fourth-order valence-corrected chi connectivity index (χ4v) is 2.36. The van der Waals surface area contributed by atoms with Gasteiger partial charge in [-0.2, -0.15) is 0 Å². The minimum Gasteiger partial charge on any atom is -0.396 e. The molecule has 1 saturated carbocycles. The standard InChI is InChI=1S/C17H24N2O3/c1-3-12-5-6-13(4-2)14(9-12)19-16(22)15(21)18-10-17(11-20)7-8-17/h5-6,9,20H,3-4,7-8,10-11H2,1-2H3,(H,18,21)(H,19,22). The lowest BCUT2D eigenvalue weighted by atomic mass is 10.1. The molecule has 0 aromatic heterocycles. The van der Waals surface area contributed by atoms with Crippen LogP contribution in [0, 0.1) is 5.41 Å². The maximum absolute atomic E-state index is 12.0. The molecule has 5 nitrogen and oxygen atoms in total. The van der Waals surface area contributed by atoms with E-state index in [-0.39, 0.29) is 12.0 Å². The molecule has 5 heteroatoms. The molecule has 0 saturated heterocycles. The number of nitrogens with one attached hydrogen (secondary N) is 2.